The van der Waals surface area contributed by atoms with Crippen LogP contribution in [0.15, 0.2) is 12.1 Å². The van der Waals surface area contributed by atoms with Crippen LogP contribution >= 0.6 is 0 Å². The third-order valence-corrected chi connectivity index (χ3v) is 3.08. The van der Waals surface area contributed by atoms with Crippen molar-refractivity contribution in [1.29, 1.82) is 0 Å². The largest absolute Gasteiger partial charge is 0.478 e. The number of carboxylic acid groups (broad SMARTS) is 1. The lowest BCUT2D eigenvalue weighted by atomic mass is 10.1. The smallest absolute Gasteiger partial charge is 0.338 e. The average molecular weight is 238 g/mol. The Labute approximate surface area is 98.6 Å². The number of anilines is 2. The minimum Gasteiger partial charge on any atom is -0.478 e. The first-order chi connectivity index (χ1) is 8.08. The quantitative estimate of drug-likeness (QED) is 0.707. The van der Waals surface area contributed by atoms with E-state index in [0.29, 0.717) is 11.7 Å². The maximum absolute atomic E-state index is 13.5. The molecule has 1 aliphatic carbocycles. The summed E-state index contributed by atoms with van der Waals surface area (Å²) >= 11 is 0. The summed E-state index contributed by atoms with van der Waals surface area (Å²) in [7, 11) is 0. The molecule has 0 bridgehead atoms. The van der Waals surface area contributed by atoms with Crippen molar-refractivity contribution < 1.29 is 14.3 Å². The van der Waals surface area contributed by atoms with Crippen LogP contribution < -0.4 is 11.1 Å². The zero-order chi connectivity index (χ0) is 12.4. The minimum absolute atomic E-state index is 0.274. The lowest BCUT2D eigenvalue weighted by Gasteiger charge is -2.16. The molecule has 0 amide bonds. The number of benzene rings is 1. The lowest BCUT2D eigenvalue weighted by Crippen LogP contribution is -2.16. The summed E-state index contributed by atoms with van der Waals surface area (Å²) in [5, 5.41) is 11.9. The second-order valence-corrected chi connectivity index (χ2v) is 4.35. The van der Waals surface area contributed by atoms with Crippen LogP contribution in [0.1, 0.15) is 36.0 Å². The van der Waals surface area contributed by atoms with E-state index in [1.807, 2.05) is 0 Å². The number of halogens is 1. The Kier molecular flexibility index (Phi) is 3.17. The van der Waals surface area contributed by atoms with Gasteiger partial charge in [-0.15, -0.1) is 0 Å². The lowest BCUT2D eigenvalue weighted by molar-refractivity contribution is 0.0692. The van der Waals surface area contributed by atoms with Gasteiger partial charge in [-0.25, -0.2) is 9.18 Å². The molecule has 4 nitrogen and oxygen atoms in total. The van der Waals surface area contributed by atoms with E-state index in [0.717, 1.165) is 37.8 Å². The van der Waals surface area contributed by atoms with Gasteiger partial charge in [0.1, 0.15) is 5.82 Å². The van der Waals surface area contributed by atoms with Gasteiger partial charge in [-0.05, 0) is 25.0 Å². The molecule has 0 spiro atoms. The van der Waals surface area contributed by atoms with Gasteiger partial charge in [0, 0.05) is 6.04 Å². The molecule has 1 aromatic rings. The first-order valence-corrected chi connectivity index (χ1v) is 5.67. The van der Waals surface area contributed by atoms with Gasteiger partial charge < -0.3 is 16.2 Å². The van der Waals surface area contributed by atoms with Crippen molar-refractivity contribution in [2.24, 2.45) is 0 Å². The van der Waals surface area contributed by atoms with Crippen LogP contribution in [0.3, 0.4) is 0 Å². The molecule has 0 heterocycles. The molecule has 1 aromatic carbocycles. The number of nitrogens with two attached hydrogens (primary N) is 1. The first-order valence-electron chi connectivity index (χ1n) is 5.67. The van der Waals surface area contributed by atoms with Crippen molar-refractivity contribution in [3.63, 3.8) is 0 Å². The average Bonchev–Trinajstić information content (AvgIpc) is 2.75. The summed E-state index contributed by atoms with van der Waals surface area (Å²) < 4.78 is 13.5. The zero-order valence-electron chi connectivity index (χ0n) is 9.37. The number of carbonyl (C=O) groups is 1. The number of aromatic carboxylic acids is 1. The van der Waals surface area contributed by atoms with E-state index >= 15 is 0 Å². The van der Waals surface area contributed by atoms with Crippen LogP contribution in [-0.2, 0) is 0 Å². The Balaban J connectivity index is 2.23. The highest BCUT2D eigenvalue weighted by atomic mass is 19.1. The fourth-order valence-corrected chi connectivity index (χ4v) is 2.17. The molecule has 1 saturated carbocycles. The predicted octanol–water partition coefficient (Wildman–Crippen LogP) is 2.46. The Morgan fingerprint density at radius 2 is 2.06 bits per heavy atom. The topological polar surface area (TPSA) is 75.4 Å². The van der Waals surface area contributed by atoms with Gasteiger partial charge in [0.2, 0.25) is 0 Å². The molecule has 0 unspecified atom stereocenters. The fraction of sp³-hybridized carbons (Fsp3) is 0.417. The SMILES string of the molecule is Nc1cc(C(=O)O)c(F)cc1NC1CCCC1. The Bertz CT molecular complexity index is 442. The van der Waals surface area contributed by atoms with Crippen molar-refractivity contribution in [3.8, 4) is 0 Å². The number of nitrogen functional groups attached to an aromatic ring is 1. The minimum atomic E-state index is -1.30. The molecule has 0 saturated heterocycles. The molecule has 92 valence electrons. The van der Waals surface area contributed by atoms with Crippen LogP contribution in [0.5, 0.6) is 0 Å². The molecule has 5 heteroatoms. The standard InChI is InChI=1S/C12H15FN2O2/c13-9-6-11(15-7-3-1-2-4-7)10(14)5-8(9)12(16)17/h5-7,15H,1-4,14H2,(H,16,17). The molecule has 17 heavy (non-hydrogen) atoms. The summed E-state index contributed by atoms with van der Waals surface area (Å²) in [5.74, 6) is -2.06. The van der Waals surface area contributed by atoms with Crippen molar-refractivity contribution in [2.75, 3.05) is 11.1 Å². The third kappa shape index (κ3) is 2.49. The Morgan fingerprint density at radius 1 is 1.41 bits per heavy atom. The van der Waals surface area contributed by atoms with Gasteiger partial charge in [0.15, 0.2) is 0 Å². The van der Waals surface area contributed by atoms with Crippen molar-refractivity contribution >= 4 is 17.3 Å². The summed E-state index contributed by atoms with van der Waals surface area (Å²) in [6, 6.07) is 2.64. The van der Waals surface area contributed by atoms with Crippen molar-refractivity contribution in [2.45, 2.75) is 31.7 Å². The predicted molar refractivity (Wildman–Crippen MR) is 63.7 cm³/mol. The summed E-state index contributed by atoms with van der Waals surface area (Å²) in [5.41, 5.74) is 6.08. The van der Waals surface area contributed by atoms with E-state index in [1.165, 1.54) is 0 Å². The van der Waals surface area contributed by atoms with Crippen LogP contribution in [0.4, 0.5) is 15.8 Å². The number of hydrogen-bond acceptors (Lipinski definition) is 3. The summed E-state index contributed by atoms with van der Waals surface area (Å²) in [4.78, 5) is 10.7. The van der Waals surface area contributed by atoms with Crippen LogP contribution in [0.25, 0.3) is 0 Å². The maximum Gasteiger partial charge on any atom is 0.338 e. The van der Waals surface area contributed by atoms with Crippen LogP contribution in [0.2, 0.25) is 0 Å². The first kappa shape index (κ1) is 11.7. The van der Waals surface area contributed by atoms with Crippen molar-refractivity contribution in [3.05, 3.63) is 23.5 Å². The van der Waals surface area contributed by atoms with Crippen LogP contribution in [0, 0.1) is 5.82 Å². The van der Waals surface area contributed by atoms with Crippen molar-refractivity contribution in [1.82, 2.24) is 0 Å². The van der Waals surface area contributed by atoms with Gasteiger partial charge in [0.05, 0.1) is 16.9 Å². The van der Waals surface area contributed by atoms with Gasteiger partial charge in [-0.1, -0.05) is 12.8 Å². The van der Waals surface area contributed by atoms with Gasteiger partial charge >= 0.3 is 5.97 Å². The highest BCUT2D eigenvalue weighted by Gasteiger charge is 2.18. The summed E-state index contributed by atoms with van der Waals surface area (Å²) in [6.45, 7) is 0. The molecule has 2 rings (SSSR count). The normalized spacial score (nSPS) is 16.1. The molecule has 0 radical (unpaired) electrons. The monoisotopic (exact) mass is 238 g/mol. The van der Waals surface area contributed by atoms with E-state index in [2.05, 4.69) is 5.32 Å². The van der Waals surface area contributed by atoms with E-state index in [9.17, 15) is 9.18 Å². The molecule has 0 aromatic heterocycles. The fourth-order valence-electron chi connectivity index (χ4n) is 2.17. The van der Waals surface area contributed by atoms with E-state index in [4.69, 9.17) is 10.8 Å². The van der Waals surface area contributed by atoms with Gasteiger partial charge in [-0.3, -0.25) is 0 Å². The zero-order valence-corrected chi connectivity index (χ0v) is 9.37. The molecule has 0 aliphatic heterocycles. The van der Waals surface area contributed by atoms with E-state index < -0.39 is 11.8 Å². The Hall–Kier alpha value is -1.78. The molecule has 4 N–H and O–H groups in total. The van der Waals surface area contributed by atoms with E-state index in [1.54, 1.807) is 0 Å². The second-order valence-electron chi connectivity index (χ2n) is 4.35. The second kappa shape index (κ2) is 4.61. The molecule has 1 aliphatic rings. The molecule has 1 fully saturated rings. The highest BCUT2D eigenvalue weighted by molar-refractivity contribution is 5.90. The third-order valence-electron chi connectivity index (χ3n) is 3.08. The van der Waals surface area contributed by atoms with E-state index in [-0.39, 0.29) is 11.3 Å². The number of carboxylic acids is 1. The summed E-state index contributed by atoms with van der Waals surface area (Å²) in [6.07, 6.45) is 4.41. The van der Waals surface area contributed by atoms with Crippen LogP contribution in [-0.4, -0.2) is 17.1 Å². The van der Waals surface area contributed by atoms with Gasteiger partial charge in [-0.2, -0.15) is 0 Å². The van der Waals surface area contributed by atoms with Gasteiger partial charge in [0.25, 0.3) is 0 Å². The molecular weight excluding hydrogens is 223 g/mol. The number of rotatable bonds is 3. The number of hydrogen-bond donors (Lipinski definition) is 3. The maximum atomic E-state index is 13.5. The molecule has 0 atom stereocenters. The number of nitrogens with one attached hydrogen (secondary N) is 1. The Morgan fingerprint density at radius 3 is 2.65 bits per heavy atom. The highest BCUT2D eigenvalue weighted by Crippen LogP contribution is 2.27. The molecular formula is C12H15FN2O2.